The van der Waals surface area contributed by atoms with E-state index in [-0.39, 0.29) is 6.03 Å². The van der Waals surface area contributed by atoms with Gasteiger partial charge < -0.3 is 16.0 Å². The number of primary amides is 1. The normalized spacial score (nSPS) is 19.4. The Kier molecular flexibility index (Phi) is 5.35. The summed E-state index contributed by atoms with van der Waals surface area (Å²) in [6, 6.07) is 7.75. The molecule has 0 unspecified atom stereocenters. The zero-order valence-electron chi connectivity index (χ0n) is 14.0. The summed E-state index contributed by atoms with van der Waals surface area (Å²) in [4.78, 5) is 27.9. The smallest absolute Gasteiger partial charge is 0.317 e. The average Bonchev–Trinajstić information content (AvgIpc) is 3.14. The van der Waals surface area contributed by atoms with Gasteiger partial charge in [-0.3, -0.25) is 9.69 Å². The number of nitrogens with two attached hydrogens (primary N) is 1. The number of nitrogens with one attached hydrogen (secondary N) is 1. The predicted octanol–water partition coefficient (Wildman–Crippen LogP) is 1.56. The first-order chi connectivity index (χ1) is 11.6. The van der Waals surface area contributed by atoms with E-state index in [0.717, 1.165) is 37.8 Å². The van der Waals surface area contributed by atoms with Crippen molar-refractivity contribution in [1.29, 1.82) is 0 Å². The molecule has 130 valence electrons. The number of nitrogens with zero attached hydrogens (tertiary/aromatic N) is 2. The molecule has 0 radical (unpaired) electrons. The van der Waals surface area contributed by atoms with Gasteiger partial charge in [0.2, 0.25) is 5.91 Å². The summed E-state index contributed by atoms with van der Waals surface area (Å²) in [7, 11) is 0. The molecule has 0 spiro atoms. The third-order valence-corrected chi connectivity index (χ3v) is 5.10. The largest absolute Gasteiger partial charge is 0.366 e. The van der Waals surface area contributed by atoms with Crippen LogP contribution in [0.2, 0.25) is 0 Å². The van der Waals surface area contributed by atoms with Crippen molar-refractivity contribution in [3.63, 3.8) is 0 Å². The first-order valence-electron chi connectivity index (χ1n) is 8.79. The van der Waals surface area contributed by atoms with E-state index in [1.54, 1.807) is 18.2 Å². The molecular formula is C18H26N4O2. The molecule has 0 bridgehead atoms. The lowest BCUT2D eigenvalue weighted by Crippen LogP contribution is -2.53. The van der Waals surface area contributed by atoms with Crippen molar-refractivity contribution in [2.24, 2.45) is 5.73 Å². The number of carbonyl (C=O) groups excluding carboxylic acids is 2. The summed E-state index contributed by atoms with van der Waals surface area (Å²) in [6.45, 7) is 3.90. The second kappa shape index (κ2) is 7.66. The highest BCUT2D eigenvalue weighted by molar-refractivity contribution is 5.92. The van der Waals surface area contributed by atoms with E-state index >= 15 is 0 Å². The molecule has 0 atom stereocenters. The maximum absolute atomic E-state index is 12.3. The lowest BCUT2D eigenvalue weighted by molar-refractivity contribution is 0.1000. The Labute approximate surface area is 143 Å². The number of benzene rings is 1. The molecule has 3 amide bonds. The van der Waals surface area contributed by atoms with Crippen molar-refractivity contribution in [2.45, 2.75) is 38.3 Å². The molecule has 2 fully saturated rings. The van der Waals surface area contributed by atoms with Crippen LogP contribution in [0.1, 0.15) is 41.6 Å². The SMILES string of the molecule is NC(=O)c1cccc(CNC(=O)N2CCN(C3CCCC3)CC2)c1. The van der Waals surface area contributed by atoms with Crippen LogP contribution < -0.4 is 11.1 Å². The monoisotopic (exact) mass is 330 g/mol. The number of hydrogen-bond acceptors (Lipinski definition) is 3. The molecule has 2 aliphatic rings. The minimum atomic E-state index is -0.453. The highest BCUT2D eigenvalue weighted by atomic mass is 16.2. The van der Waals surface area contributed by atoms with Crippen LogP contribution in [0.5, 0.6) is 0 Å². The second-order valence-electron chi connectivity index (χ2n) is 6.68. The zero-order chi connectivity index (χ0) is 16.9. The van der Waals surface area contributed by atoms with Gasteiger partial charge in [-0.2, -0.15) is 0 Å². The van der Waals surface area contributed by atoms with Crippen molar-refractivity contribution in [2.75, 3.05) is 26.2 Å². The molecule has 0 aromatic heterocycles. The topological polar surface area (TPSA) is 78.7 Å². The molecule has 1 aromatic carbocycles. The molecule has 6 nitrogen and oxygen atoms in total. The molecule has 1 saturated heterocycles. The summed E-state index contributed by atoms with van der Waals surface area (Å²) >= 11 is 0. The summed E-state index contributed by atoms with van der Waals surface area (Å²) < 4.78 is 0. The summed E-state index contributed by atoms with van der Waals surface area (Å²) in [5.41, 5.74) is 6.62. The maximum Gasteiger partial charge on any atom is 0.317 e. The van der Waals surface area contributed by atoms with Gasteiger partial charge in [0.1, 0.15) is 0 Å². The fraction of sp³-hybridized carbons (Fsp3) is 0.556. The van der Waals surface area contributed by atoms with Gasteiger partial charge >= 0.3 is 6.03 Å². The average molecular weight is 330 g/mol. The van der Waals surface area contributed by atoms with E-state index in [0.29, 0.717) is 12.1 Å². The van der Waals surface area contributed by atoms with Gasteiger partial charge in [-0.1, -0.05) is 25.0 Å². The molecule has 1 aliphatic carbocycles. The highest BCUT2D eigenvalue weighted by Crippen LogP contribution is 2.24. The van der Waals surface area contributed by atoms with Crippen LogP contribution in [0.25, 0.3) is 0 Å². The van der Waals surface area contributed by atoms with Crippen molar-refractivity contribution < 1.29 is 9.59 Å². The third-order valence-electron chi connectivity index (χ3n) is 5.10. The Hall–Kier alpha value is -2.08. The Balaban J connectivity index is 1.46. The van der Waals surface area contributed by atoms with Crippen molar-refractivity contribution in [1.82, 2.24) is 15.1 Å². The molecule has 3 rings (SSSR count). The van der Waals surface area contributed by atoms with Crippen LogP contribution in [0, 0.1) is 0 Å². The summed E-state index contributed by atoms with van der Waals surface area (Å²) in [6.07, 6.45) is 5.30. The fourth-order valence-electron chi connectivity index (χ4n) is 3.68. The van der Waals surface area contributed by atoms with Crippen LogP contribution in [-0.4, -0.2) is 54.0 Å². The van der Waals surface area contributed by atoms with Crippen molar-refractivity contribution in [3.05, 3.63) is 35.4 Å². The molecule has 1 aliphatic heterocycles. The van der Waals surface area contributed by atoms with E-state index in [4.69, 9.17) is 5.73 Å². The van der Waals surface area contributed by atoms with E-state index in [1.807, 2.05) is 11.0 Å². The van der Waals surface area contributed by atoms with Gasteiger partial charge in [0.05, 0.1) is 0 Å². The fourth-order valence-corrected chi connectivity index (χ4v) is 3.68. The van der Waals surface area contributed by atoms with Crippen LogP contribution in [-0.2, 0) is 6.54 Å². The van der Waals surface area contributed by atoms with Gasteiger partial charge in [-0.25, -0.2) is 4.79 Å². The number of carbonyl (C=O) groups is 2. The zero-order valence-corrected chi connectivity index (χ0v) is 14.0. The van der Waals surface area contributed by atoms with Gasteiger partial charge in [0, 0.05) is 44.3 Å². The summed E-state index contributed by atoms with van der Waals surface area (Å²) in [5, 5.41) is 2.94. The van der Waals surface area contributed by atoms with Crippen LogP contribution in [0.15, 0.2) is 24.3 Å². The number of piperazine rings is 1. The van der Waals surface area contributed by atoms with E-state index in [1.165, 1.54) is 25.7 Å². The van der Waals surface area contributed by atoms with Crippen molar-refractivity contribution in [3.8, 4) is 0 Å². The predicted molar refractivity (Wildman–Crippen MR) is 92.6 cm³/mol. The molecule has 1 aromatic rings. The van der Waals surface area contributed by atoms with E-state index in [9.17, 15) is 9.59 Å². The Morgan fingerprint density at radius 3 is 2.50 bits per heavy atom. The second-order valence-corrected chi connectivity index (χ2v) is 6.68. The number of hydrogen-bond donors (Lipinski definition) is 2. The Bertz CT molecular complexity index is 590. The number of rotatable bonds is 4. The van der Waals surface area contributed by atoms with Gasteiger partial charge in [0.25, 0.3) is 0 Å². The van der Waals surface area contributed by atoms with Gasteiger partial charge in [-0.15, -0.1) is 0 Å². The molecule has 1 saturated carbocycles. The highest BCUT2D eigenvalue weighted by Gasteiger charge is 2.27. The van der Waals surface area contributed by atoms with Gasteiger partial charge in [-0.05, 0) is 30.5 Å². The minimum Gasteiger partial charge on any atom is -0.366 e. The Morgan fingerprint density at radius 1 is 1.12 bits per heavy atom. The van der Waals surface area contributed by atoms with Crippen LogP contribution >= 0.6 is 0 Å². The van der Waals surface area contributed by atoms with Crippen LogP contribution in [0.3, 0.4) is 0 Å². The molecule has 1 heterocycles. The third kappa shape index (κ3) is 4.06. The van der Waals surface area contributed by atoms with E-state index in [2.05, 4.69) is 10.2 Å². The standard InChI is InChI=1S/C18H26N4O2/c19-17(23)15-5-3-4-14(12-15)13-20-18(24)22-10-8-21(9-11-22)16-6-1-2-7-16/h3-5,12,16H,1-2,6-11,13H2,(H2,19,23)(H,20,24). The van der Waals surface area contributed by atoms with Crippen LogP contribution in [0.4, 0.5) is 4.79 Å². The minimum absolute atomic E-state index is 0.0365. The molecular weight excluding hydrogens is 304 g/mol. The first-order valence-corrected chi connectivity index (χ1v) is 8.79. The maximum atomic E-state index is 12.3. The molecule has 24 heavy (non-hydrogen) atoms. The molecule has 6 heteroatoms. The van der Waals surface area contributed by atoms with Crippen molar-refractivity contribution >= 4 is 11.9 Å². The van der Waals surface area contributed by atoms with E-state index < -0.39 is 5.91 Å². The lowest BCUT2D eigenvalue weighted by atomic mass is 10.1. The summed E-state index contributed by atoms with van der Waals surface area (Å²) in [5.74, 6) is -0.453. The first kappa shape index (κ1) is 16.8. The number of amides is 3. The Morgan fingerprint density at radius 2 is 1.83 bits per heavy atom. The molecule has 3 N–H and O–H groups in total. The quantitative estimate of drug-likeness (QED) is 0.879. The number of urea groups is 1. The lowest BCUT2D eigenvalue weighted by Gasteiger charge is -2.38. The van der Waals surface area contributed by atoms with Gasteiger partial charge in [0.15, 0.2) is 0 Å².